The zero-order valence-corrected chi connectivity index (χ0v) is 17.0. The molecule has 0 unspecified atom stereocenters. The number of nitrogens with zero attached hydrogens (tertiary/aromatic N) is 2. The molecule has 0 atom stereocenters. The maximum Gasteiger partial charge on any atom is 0.255 e. The summed E-state index contributed by atoms with van der Waals surface area (Å²) < 4.78 is 40.3. The highest BCUT2D eigenvalue weighted by atomic mass is 32.2. The van der Waals surface area contributed by atoms with Crippen LogP contribution < -0.4 is 5.32 Å². The van der Waals surface area contributed by atoms with Crippen LogP contribution >= 0.6 is 0 Å². The number of nitrogens with one attached hydrogen (secondary N) is 1. The van der Waals surface area contributed by atoms with Crippen LogP contribution in [0, 0.1) is 12.7 Å². The minimum atomic E-state index is -3.71. The molecule has 0 bridgehead atoms. The molecule has 9 heteroatoms. The third kappa shape index (κ3) is 4.63. The van der Waals surface area contributed by atoms with Crippen LogP contribution in [0.15, 0.2) is 47.4 Å². The number of rotatable bonds is 4. The minimum Gasteiger partial charge on any atom is -0.340 e. The average Bonchev–Trinajstić information content (AvgIpc) is 2.71. The van der Waals surface area contributed by atoms with Crippen LogP contribution in [0.3, 0.4) is 0 Å². The molecule has 1 saturated heterocycles. The van der Waals surface area contributed by atoms with Gasteiger partial charge in [0.05, 0.1) is 4.90 Å². The Morgan fingerprint density at radius 3 is 2.21 bits per heavy atom. The number of hydrogen-bond acceptors (Lipinski definition) is 4. The predicted molar refractivity (Wildman–Crippen MR) is 107 cm³/mol. The van der Waals surface area contributed by atoms with E-state index in [0.29, 0.717) is 24.3 Å². The second kappa shape index (κ2) is 8.30. The molecule has 0 spiro atoms. The van der Waals surface area contributed by atoms with Crippen molar-refractivity contribution < 1.29 is 22.4 Å². The van der Waals surface area contributed by atoms with Crippen molar-refractivity contribution in [1.82, 2.24) is 9.21 Å². The molecule has 2 amide bonds. The number of hydrogen-bond donors (Lipinski definition) is 1. The third-order valence-corrected chi connectivity index (χ3v) is 6.80. The quantitative estimate of drug-likeness (QED) is 0.824. The summed E-state index contributed by atoms with van der Waals surface area (Å²) in [6.07, 6.45) is 0. The molecule has 1 N–H and O–H groups in total. The Bertz CT molecular complexity index is 1030. The number of piperazine rings is 1. The maximum absolute atomic E-state index is 13.4. The fraction of sp³-hybridized carbons (Fsp3) is 0.300. The lowest BCUT2D eigenvalue weighted by Crippen LogP contribution is -2.49. The molecule has 2 aromatic rings. The summed E-state index contributed by atoms with van der Waals surface area (Å²) in [4.78, 5) is 25.5. The van der Waals surface area contributed by atoms with Crippen molar-refractivity contribution in [2.24, 2.45) is 0 Å². The van der Waals surface area contributed by atoms with Gasteiger partial charge in [0.25, 0.3) is 5.91 Å². The fourth-order valence-corrected chi connectivity index (χ4v) is 4.52. The minimum absolute atomic E-state index is 0.0762. The molecule has 1 heterocycles. The van der Waals surface area contributed by atoms with Crippen molar-refractivity contribution in [3.63, 3.8) is 0 Å². The summed E-state index contributed by atoms with van der Waals surface area (Å²) in [6.45, 7) is 4.35. The predicted octanol–water partition coefficient (Wildman–Crippen LogP) is 2.24. The van der Waals surface area contributed by atoms with Crippen molar-refractivity contribution >= 4 is 27.5 Å². The fourth-order valence-electron chi connectivity index (χ4n) is 3.09. The molecular weight excluding hydrogens is 397 g/mol. The first-order valence-electron chi connectivity index (χ1n) is 9.12. The van der Waals surface area contributed by atoms with E-state index in [-0.39, 0.29) is 29.5 Å². The first kappa shape index (κ1) is 20.9. The second-order valence-corrected chi connectivity index (χ2v) is 8.79. The van der Waals surface area contributed by atoms with Crippen LogP contribution in [0.25, 0.3) is 0 Å². The number of benzene rings is 2. The van der Waals surface area contributed by atoms with Crippen LogP contribution in [-0.4, -0.2) is 55.6 Å². The van der Waals surface area contributed by atoms with Crippen molar-refractivity contribution in [2.45, 2.75) is 18.7 Å². The first-order valence-corrected chi connectivity index (χ1v) is 10.6. The molecule has 0 radical (unpaired) electrons. The number of anilines is 1. The van der Waals surface area contributed by atoms with Crippen LogP contribution in [-0.2, 0) is 14.8 Å². The SMILES string of the molecule is CC(=O)N1CCN(S(=O)(=O)c2ccc(C(=O)Nc3cc(F)ccc3C)cc2)CC1. The number of sulfonamides is 1. The standard InChI is InChI=1S/C20H22FN3O4S/c1-14-3-6-17(21)13-19(14)22-20(26)16-4-7-18(8-5-16)29(27,28)24-11-9-23(10-12-24)15(2)25/h3-8,13H,9-12H2,1-2H3,(H,22,26). The third-order valence-electron chi connectivity index (χ3n) is 4.89. The van der Waals surface area contributed by atoms with Gasteiger partial charge in [-0.25, -0.2) is 12.8 Å². The highest BCUT2D eigenvalue weighted by Crippen LogP contribution is 2.20. The number of aryl methyl sites for hydroxylation is 1. The van der Waals surface area contributed by atoms with E-state index >= 15 is 0 Å². The van der Waals surface area contributed by atoms with Gasteiger partial charge in [-0.15, -0.1) is 0 Å². The van der Waals surface area contributed by atoms with Gasteiger partial charge in [-0.3, -0.25) is 9.59 Å². The van der Waals surface area contributed by atoms with Gasteiger partial charge in [0, 0.05) is 44.4 Å². The van der Waals surface area contributed by atoms with Crippen molar-refractivity contribution in [1.29, 1.82) is 0 Å². The molecule has 0 saturated carbocycles. The van der Waals surface area contributed by atoms with Gasteiger partial charge in [0.1, 0.15) is 5.82 Å². The molecular formula is C20H22FN3O4S. The molecule has 3 rings (SSSR count). The van der Waals surface area contributed by atoms with Crippen molar-refractivity contribution in [3.05, 3.63) is 59.4 Å². The van der Waals surface area contributed by atoms with Crippen LogP contribution in [0.2, 0.25) is 0 Å². The molecule has 7 nitrogen and oxygen atoms in total. The Morgan fingerprint density at radius 2 is 1.62 bits per heavy atom. The van der Waals surface area contributed by atoms with Gasteiger partial charge in [0.15, 0.2) is 0 Å². The molecule has 29 heavy (non-hydrogen) atoms. The Kier molecular flexibility index (Phi) is 5.99. The molecule has 1 aliphatic rings. The summed E-state index contributed by atoms with van der Waals surface area (Å²) in [7, 11) is -3.71. The van der Waals surface area contributed by atoms with E-state index in [4.69, 9.17) is 0 Å². The lowest BCUT2D eigenvalue weighted by molar-refractivity contribution is -0.129. The topological polar surface area (TPSA) is 86.8 Å². The van der Waals surface area contributed by atoms with Gasteiger partial charge in [-0.1, -0.05) is 6.07 Å². The van der Waals surface area contributed by atoms with Gasteiger partial charge in [-0.05, 0) is 48.9 Å². The van der Waals surface area contributed by atoms with E-state index < -0.39 is 21.7 Å². The maximum atomic E-state index is 13.4. The second-order valence-electron chi connectivity index (χ2n) is 6.85. The van der Waals surface area contributed by atoms with E-state index in [0.717, 1.165) is 0 Å². The number of halogens is 1. The highest BCUT2D eigenvalue weighted by Gasteiger charge is 2.29. The first-order chi connectivity index (χ1) is 13.7. The van der Waals surface area contributed by atoms with E-state index in [1.807, 2.05) is 0 Å². The van der Waals surface area contributed by atoms with E-state index in [2.05, 4.69) is 5.32 Å². The highest BCUT2D eigenvalue weighted by molar-refractivity contribution is 7.89. The Morgan fingerprint density at radius 1 is 1.00 bits per heavy atom. The van der Waals surface area contributed by atoms with E-state index in [1.165, 1.54) is 47.6 Å². The van der Waals surface area contributed by atoms with Crippen molar-refractivity contribution in [3.8, 4) is 0 Å². The largest absolute Gasteiger partial charge is 0.340 e. The van der Waals surface area contributed by atoms with Gasteiger partial charge in [-0.2, -0.15) is 4.31 Å². The molecule has 1 aliphatic heterocycles. The van der Waals surface area contributed by atoms with Crippen LogP contribution in [0.5, 0.6) is 0 Å². The van der Waals surface area contributed by atoms with Gasteiger partial charge >= 0.3 is 0 Å². The zero-order chi connectivity index (χ0) is 21.2. The Labute approximate surface area is 169 Å². The Balaban J connectivity index is 1.71. The van der Waals surface area contributed by atoms with Gasteiger partial charge < -0.3 is 10.2 Å². The Hall–Kier alpha value is -2.78. The zero-order valence-electron chi connectivity index (χ0n) is 16.2. The van der Waals surface area contributed by atoms with Gasteiger partial charge in [0.2, 0.25) is 15.9 Å². The molecule has 0 aromatic heterocycles. The number of carbonyl (C=O) groups is 2. The molecule has 0 aliphatic carbocycles. The molecule has 154 valence electrons. The van der Waals surface area contributed by atoms with E-state index in [1.54, 1.807) is 17.9 Å². The summed E-state index contributed by atoms with van der Waals surface area (Å²) in [6, 6.07) is 9.69. The smallest absolute Gasteiger partial charge is 0.255 e. The lowest BCUT2D eigenvalue weighted by Gasteiger charge is -2.33. The number of carbonyl (C=O) groups excluding carboxylic acids is 2. The average molecular weight is 419 g/mol. The van der Waals surface area contributed by atoms with Crippen molar-refractivity contribution in [2.75, 3.05) is 31.5 Å². The summed E-state index contributed by atoms with van der Waals surface area (Å²) in [5.41, 5.74) is 1.33. The number of amides is 2. The van der Waals surface area contributed by atoms with E-state index in [9.17, 15) is 22.4 Å². The molecule has 1 fully saturated rings. The normalized spacial score (nSPS) is 15.2. The monoisotopic (exact) mass is 419 g/mol. The van der Waals surface area contributed by atoms with Crippen LogP contribution in [0.1, 0.15) is 22.8 Å². The summed E-state index contributed by atoms with van der Waals surface area (Å²) in [5.74, 6) is -0.999. The lowest BCUT2D eigenvalue weighted by atomic mass is 10.1. The summed E-state index contributed by atoms with van der Waals surface area (Å²) in [5, 5.41) is 2.63. The van der Waals surface area contributed by atoms with Crippen LogP contribution in [0.4, 0.5) is 10.1 Å². The molecule has 2 aromatic carbocycles. The summed E-state index contributed by atoms with van der Waals surface area (Å²) >= 11 is 0.